The van der Waals surface area contributed by atoms with Gasteiger partial charge in [0.2, 0.25) is 5.91 Å². The lowest BCUT2D eigenvalue weighted by Crippen LogP contribution is -2.18. The molecule has 1 N–H and O–H groups in total. The molecule has 0 aliphatic heterocycles. The third-order valence-corrected chi connectivity index (χ3v) is 5.80. The van der Waals surface area contributed by atoms with Crippen LogP contribution < -0.4 is 5.32 Å². The van der Waals surface area contributed by atoms with Gasteiger partial charge in [0.25, 0.3) is 0 Å². The van der Waals surface area contributed by atoms with Gasteiger partial charge in [0, 0.05) is 0 Å². The molecular weight excluding hydrogens is 458 g/mol. The highest BCUT2D eigenvalue weighted by molar-refractivity contribution is 8.00. The molecule has 0 radical (unpaired) electrons. The first kappa shape index (κ1) is 22.9. The SMILES string of the molecule is COC(=O)c1ccc(C(=O)OC)c(NC(=O)CSc2ncnc3c2cnn3-c2ccccc2)c1. The van der Waals surface area contributed by atoms with Gasteiger partial charge in [-0.1, -0.05) is 30.0 Å². The molecular formula is C23H19N5O5S. The molecule has 2 heterocycles. The fraction of sp³-hybridized carbons (Fsp3) is 0.130. The van der Waals surface area contributed by atoms with Crippen molar-refractivity contribution in [2.24, 2.45) is 0 Å². The van der Waals surface area contributed by atoms with Crippen LogP contribution in [-0.4, -0.2) is 57.6 Å². The number of anilines is 1. The summed E-state index contributed by atoms with van der Waals surface area (Å²) >= 11 is 1.20. The van der Waals surface area contributed by atoms with Crippen molar-refractivity contribution >= 4 is 46.3 Å². The quantitative estimate of drug-likeness (QED) is 0.243. The average Bonchev–Trinajstić information content (AvgIpc) is 3.32. The van der Waals surface area contributed by atoms with Gasteiger partial charge in [0.15, 0.2) is 5.65 Å². The maximum Gasteiger partial charge on any atom is 0.339 e. The van der Waals surface area contributed by atoms with Gasteiger partial charge in [-0.25, -0.2) is 24.2 Å². The van der Waals surface area contributed by atoms with Crippen LogP contribution in [0.5, 0.6) is 0 Å². The van der Waals surface area contributed by atoms with Crippen LogP contribution in [0.4, 0.5) is 5.69 Å². The Bertz CT molecular complexity index is 1370. The number of ether oxygens (including phenoxy) is 2. The van der Waals surface area contributed by atoms with Crippen molar-refractivity contribution in [1.82, 2.24) is 19.7 Å². The number of carbonyl (C=O) groups excluding carboxylic acids is 3. The number of esters is 2. The Morgan fingerprint density at radius 2 is 1.76 bits per heavy atom. The van der Waals surface area contributed by atoms with Crippen LogP contribution in [0.1, 0.15) is 20.7 Å². The second-order valence-corrected chi connectivity index (χ2v) is 7.85. The smallest absolute Gasteiger partial charge is 0.339 e. The summed E-state index contributed by atoms with van der Waals surface area (Å²) in [6, 6.07) is 13.7. The van der Waals surface area contributed by atoms with E-state index < -0.39 is 17.8 Å². The molecule has 34 heavy (non-hydrogen) atoms. The Balaban J connectivity index is 1.53. The van der Waals surface area contributed by atoms with E-state index >= 15 is 0 Å². The molecule has 0 aliphatic carbocycles. The minimum atomic E-state index is -0.648. The van der Waals surface area contributed by atoms with E-state index in [0.29, 0.717) is 16.1 Å². The Hall–Kier alpha value is -4.25. The first-order valence-corrected chi connectivity index (χ1v) is 11.0. The maximum atomic E-state index is 12.7. The molecule has 172 valence electrons. The predicted octanol–water partition coefficient (Wildman–Crippen LogP) is 3.12. The number of nitrogens with one attached hydrogen (secondary N) is 1. The molecule has 0 spiro atoms. The van der Waals surface area contributed by atoms with E-state index in [1.165, 1.54) is 50.5 Å². The molecule has 2 aromatic carbocycles. The van der Waals surface area contributed by atoms with Gasteiger partial charge in [0.05, 0.1) is 54.1 Å². The average molecular weight is 478 g/mol. The van der Waals surface area contributed by atoms with E-state index in [9.17, 15) is 14.4 Å². The molecule has 2 aromatic heterocycles. The number of nitrogens with zero attached hydrogens (tertiary/aromatic N) is 4. The highest BCUT2D eigenvalue weighted by Crippen LogP contribution is 2.26. The molecule has 0 atom stereocenters. The number of methoxy groups -OCH3 is 2. The van der Waals surface area contributed by atoms with Crippen LogP contribution in [0.3, 0.4) is 0 Å². The van der Waals surface area contributed by atoms with Crippen LogP contribution in [0.2, 0.25) is 0 Å². The molecule has 0 aliphatic rings. The second-order valence-electron chi connectivity index (χ2n) is 6.89. The van der Waals surface area contributed by atoms with Crippen molar-refractivity contribution < 1.29 is 23.9 Å². The molecule has 0 unspecified atom stereocenters. The number of thioether (sulfide) groups is 1. The maximum absolute atomic E-state index is 12.7. The van der Waals surface area contributed by atoms with Crippen molar-refractivity contribution in [2.45, 2.75) is 5.03 Å². The molecule has 4 aromatic rings. The zero-order chi connectivity index (χ0) is 24.1. The Kier molecular flexibility index (Phi) is 6.83. The number of aromatic nitrogens is 4. The van der Waals surface area contributed by atoms with E-state index in [-0.39, 0.29) is 22.6 Å². The van der Waals surface area contributed by atoms with Gasteiger partial charge >= 0.3 is 11.9 Å². The summed E-state index contributed by atoms with van der Waals surface area (Å²) in [4.78, 5) is 45.3. The molecule has 0 bridgehead atoms. The third kappa shape index (κ3) is 4.74. The topological polar surface area (TPSA) is 125 Å². The summed E-state index contributed by atoms with van der Waals surface area (Å²) in [5.74, 6) is -1.66. The standard InChI is InChI=1S/C23H19N5O5S/c1-32-22(30)14-8-9-16(23(31)33-2)18(10-14)27-19(29)12-34-21-17-11-26-28(20(17)24-13-25-21)15-6-4-3-5-7-15/h3-11,13H,12H2,1-2H3,(H,27,29). The summed E-state index contributed by atoms with van der Waals surface area (Å²) in [7, 11) is 2.47. The first-order chi connectivity index (χ1) is 16.5. The van der Waals surface area contributed by atoms with Gasteiger partial charge < -0.3 is 14.8 Å². The van der Waals surface area contributed by atoms with Crippen LogP contribution in [0, 0.1) is 0 Å². The van der Waals surface area contributed by atoms with E-state index in [0.717, 1.165) is 5.69 Å². The molecule has 0 saturated carbocycles. The highest BCUT2D eigenvalue weighted by Gasteiger charge is 2.18. The highest BCUT2D eigenvalue weighted by atomic mass is 32.2. The summed E-state index contributed by atoms with van der Waals surface area (Å²) in [5, 5.41) is 8.35. The Labute approximate surface area is 198 Å². The Morgan fingerprint density at radius 1 is 1.00 bits per heavy atom. The fourth-order valence-corrected chi connectivity index (χ4v) is 3.96. The number of hydrogen-bond donors (Lipinski definition) is 1. The largest absolute Gasteiger partial charge is 0.465 e. The number of benzene rings is 2. The van der Waals surface area contributed by atoms with Crippen LogP contribution in [-0.2, 0) is 14.3 Å². The minimum absolute atomic E-state index is 0.00824. The summed E-state index contributed by atoms with van der Waals surface area (Å²) in [6.45, 7) is 0. The van der Waals surface area contributed by atoms with Crippen molar-refractivity contribution in [1.29, 1.82) is 0 Å². The molecule has 10 nitrogen and oxygen atoms in total. The second kappa shape index (κ2) is 10.1. The van der Waals surface area contributed by atoms with Crippen LogP contribution in [0.15, 0.2) is 66.1 Å². The van der Waals surface area contributed by atoms with Crippen molar-refractivity contribution in [3.63, 3.8) is 0 Å². The number of fused-ring (bicyclic) bond motifs is 1. The normalized spacial score (nSPS) is 10.6. The van der Waals surface area contributed by atoms with Crippen molar-refractivity contribution in [2.75, 3.05) is 25.3 Å². The fourth-order valence-electron chi connectivity index (χ4n) is 3.20. The van der Waals surface area contributed by atoms with Crippen molar-refractivity contribution in [3.8, 4) is 5.69 Å². The zero-order valence-electron chi connectivity index (χ0n) is 18.2. The third-order valence-electron chi connectivity index (χ3n) is 4.79. The van der Waals surface area contributed by atoms with E-state index in [4.69, 9.17) is 9.47 Å². The van der Waals surface area contributed by atoms with Gasteiger partial charge in [-0.2, -0.15) is 5.10 Å². The monoisotopic (exact) mass is 477 g/mol. The van der Waals surface area contributed by atoms with Gasteiger partial charge in [0.1, 0.15) is 11.4 Å². The zero-order valence-corrected chi connectivity index (χ0v) is 19.0. The van der Waals surface area contributed by atoms with Gasteiger partial charge in [-0.05, 0) is 30.3 Å². The number of rotatable bonds is 7. The lowest BCUT2D eigenvalue weighted by Gasteiger charge is -2.11. The van der Waals surface area contributed by atoms with Gasteiger partial charge in [-0.15, -0.1) is 0 Å². The van der Waals surface area contributed by atoms with E-state index in [1.54, 1.807) is 10.9 Å². The molecule has 0 fully saturated rings. The summed E-state index contributed by atoms with van der Waals surface area (Å²) in [5.41, 5.74) is 1.91. The molecule has 11 heteroatoms. The van der Waals surface area contributed by atoms with Crippen molar-refractivity contribution in [3.05, 3.63) is 72.2 Å². The summed E-state index contributed by atoms with van der Waals surface area (Å²) < 4.78 is 11.2. The lowest BCUT2D eigenvalue weighted by molar-refractivity contribution is -0.113. The number of carbonyl (C=O) groups is 3. The minimum Gasteiger partial charge on any atom is -0.465 e. The lowest BCUT2D eigenvalue weighted by atomic mass is 10.1. The number of hydrogen-bond acceptors (Lipinski definition) is 9. The van der Waals surface area contributed by atoms with Crippen LogP contribution >= 0.6 is 11.8 Å². The molecule has 1 amide bonds. The van der Waals surface area contributed by atoms with Gasteiger partial charge in [-0.3, -0.25) is 4.79 Å². The van der Waals surface area contributed by atoms with E-state index in [2.05, 4.69) is 20.4 Å². The number of amides is 1. The van der Waals surface area contributed by atoms with E-state index in [1.807, 2.05) is 30.3 Å². The first-order valence-electron chi connectivity index (χ1n) is 9.99. The molecule has 4 rings (SSSR count). The summed E-state index contributed by atoms with van der Waals surface area (Å²) in [6.07, 6.45) is 3.07. The number of para-hydroxylation sites is 1. The Morgan fingerprint density at radius 3 is 2.50 bits per heavy atom. The predicted molar refractivity (Wildman–Crippen MR) is 125 cm³/mol. The van der Waals surface area contributed by atoms with Crippen LogP contribution in [0.25, 0.3) is 16.7 Å². The molecule has 0 saturated heterocycles.